The van der Waals surface area contributed by atoms with Crippen LogP contribution in [0.3, 0.4) is 0 Å². The molecule has 0 unspecified atom stereocenters. The molecule has 0 aromatic heterocycles. The summed E-state index contributed by atoms with van der Waals surface area (Å²) in [6, 6.07) is 5.68. The van der Waals surface area contributed by atoms with Crippen molar-refractivity contribution in [3.63, 3.8) is 0 Å². The fraction of sp³-hybridized carbons (Fsp3) is 0.611. The van der Waals surface area contributed by atoms with Gasteiger partial charge in [-0.15, -0.1) is 0 Å². The fourth-order valence-electron chi connectivity index (χ4n) is 2.42. The third kappa shape index (κ3) is 6.09. The van der Waals surface area contributed by atoms with Gasteiger partial charge in [0.15, 0.2) is 5.78 Å². The number of halogens is 1. The lowest BCUT2D eigenvalue weighted by Gasteiger charge is -2.06. The molecule has 1 rings (SSSR count). The Morgan fingerprint density at radius 3 is 2.25 bits per heavy atom. The Labute approximate surface area is 128 Å². The Morgan fingerprint density at radius 1 is 1.00 bits per heavy atom. The molecule has 0 N–H and O–H groups in total. The van der Waals surface area contributed by atoms with E-state index in [1.807, 2.05) is 25.1 Å². The molecule has 0 radical (unpaired) electrons. The van der Waals surface area contributed by atoms with E-state index in [9.17, 15) is 4.79 Å². The molecule has 1 aromatic rings. The quantitative estimate of drug-likeness (QED) is 0.362. The number of ketones is 1. The van der Waals surface area contributed by atoms with Crippen LogP contribution < -0.4 is 0 Å². The van der Waals surface area contributed by atoms with E-state index in [-0.39, 0.29) is 5.78 Å². The number of Topliss-reactive ketones (excluding diaryl/α,β-unsaturated/α-hetero) is 1. The molecule has 0 aliphatic carbocycles. The van der Waals surface area contributed by atoms with Crippen LogP contribution in [0.1, 0.15) is 80.6 Å². The Bertz CT molecular complexity index is 412. The molecule has 0 atom stereocenters. The topological polar surface area (TPSA) is 17.1 Å². The lowest BCUT2D eigenvalue weighted by molar-refractivity contribution is 0.0979. The molecule has 0 saturated carbocycles. The summed E-state index contributed by atoms with van der Waals surface area (Å²) in [7, 11) is 0. The van der Waals surface area contributed by atoms with Crippen LogP contribution >= 0.6 is 11.6 Å². The molecule has 0 fully saturated rings. The van der Waals surface area contributed by atoms with Crippen molar-refractivity contribution >= 4 is 17.4 Å². The molecule has 0 bridgehead atoms. The van der Waals surface area contributed by atoms with Crippen LogP contribution in [-0.4, -0.2) is 5.78 Å². The van der Waals surface area contributed by atoms with Crippen molar-refractivity contribution in [2.45, 2.75) is 71.6 Å². The van der Waals surface area contributed by atoms with Gasteiger partial charge in [-0.25, -0.2) is 0 Å². The summed E-state index contributed by atoms with van der Waals surface area (Å²) in [6.07, 6.45) is 10.7. The molecular weight excluding hydrogens is 268 g/mol. The summed E-state index contributed by atoms with van der Waals surface area (Å²) in [5.74, 6) is 0.185. The maximum atomic E-state index is 12.1. The number of rotatable bonds is 10. The summed E-state index contributed by atoms with van der Waals surface area (Å²) >= 11 is 6.18. The zero-order valence-corrected chi connectivity index (χ0v) is 13.6. The largest absolute Gasteiger partial charge is 0.294 e. The summed E-state index contributed by atoms with van der Waals surface area (Å²) in [4.78, 5) is 12.1. The zero-order valence-electron chi connectivity index (χ0n) is 12.9. The van der Waals surface area contributed by atoms with Gasteiger partial charge in [0.25, 0.3) is 0 Å². The van der Waals surface area contributed by atoms with Crippen LogP contribution in [0.15, 0.2) is 18.2 Å². The molecule has 2 heteroatoms. The van der Waals surface area contributed by atoms with Crippen molar-refractivity contribution in [1.82, 2.24) is 0 Å². The molecule has 1 aromatic carbocycles. The van der Waals surface area contributed by atoms with Gasteiger partial charge in [-0.2, -0.15) is 0 Å². The maximum Gasteiger partial charge on any atom is 0.164 e. The number of benzene rings is 1. The number of carbonyl (C=O) groups is 1. The average molecular weight is 295 g/mol. The third-order valence-electron chi connectivity index (χ3n) is 3.75. The number of unbranched alkanes of at least 4 members (excludes halogenated alkanes) is 7. The standard InChI is InChI=1S/C18H27ClO/c1-3-4-5-6-7-8-9-10-14-17(20)16-13-11-12-15(2)18(16)19/h11-13H,3-10,14H2,1-2H3. The van der Waals surface area contributed by atoms with Gasteiger partial charge in [-0.3, -0.25) is 4.79 Å². The van der Waals surface area contributed by atoms with Crippen LogP contribution in [0.4, 0.5) is 0 Å². The van der Waals surface area contributed by atoms with Gasteiger partial charge in [0, 0.05) is 12.0 Å². The van der Waals surface area contributed by atoms with Crippen LogP contribution in [0.5, 0.6) is 0 Å². The van der Waals surface area contributed by atoms with Crippen LogP contribution in [0, 0.1) is 6.92 Å². The molecule has 112 valence electrons. The second-order valence-corrected chi connectivity index (χ2v) is 5.96. The summed E-state index contributed by atoms with van der Waals surface area (Å²) in [5.41, 5.74) is 1.67. The molecule has 0 aliphatic rings. The summed E-state index contributed by atoms with van der Waals surface area (Å²) < 4.78 is 0. The fourth-order valence-corrected chi connectivity index (χ4v) is 2.65. The molecule has 0 spiro atoms. The number of aryl methyl sites for hydroxylation is 1. The molecule has 1 nitrogen and oxygen atoms in total. The predicted molar refractivity (Wildman–Crippen MR) is 87.7 cm³/mol. The Hall–Kier alpha value is -0.820. The lowest BCUT2D eigenvalue weighted by Crippen LogP contribution is -2.00. The highest BCUT2D eigenvalue weighted by atomic mass is 35.5. The van der Waals surface area contributed by atoms with Crippen molar-refractivity contribution in [1.29, 1.82) is 0 Å². The number of hydrogen-bond donors (Lipinski definition) is 0. The Morgan fingerprint density at radius 2 is 1.60 bits per heavy atom. The molecule has 0 aliphatic heterocycles. The van der Waals surface area contributed by atoms with Crippen LogP contribution in [0.2, 0.25) is 5.02 Å². The van der Waals surface area contributed by atoms with Gasteiger partial charge in [0.2, 0.25) is 0 Å². The normalized spacial score (nSPS) is 10.8. The molecule has 0 saturated heterocycles. The Kier molecular flexibility index (Phi) is 8.60. The van der Waals surface area contributed by atoms with Crippen LogP contribution in [0.25, 0.3) is 0 Å². The van der Waals surface area contributed by atoms with E-state index in [0.717, 1.165) is 18.4 Å². The highest BCUT2D eigenvalue weighted by Crippen LogP contribution is 2.22. The zero-order chi connectivity index (χ0) is 14.8. The SMILES string of the molecule is CCCCCCCCCCC(=O)c1cccc(C)c1Cl. The highest BCUT2D eigenvalue weighted by molar-refractivity contribution is 6.34. The molecule has 0 amide bonds. The van der Waals surface area contributed by atoms with Crippen molar-refractivity contribution in [3.05, 3.63) is 34.3 Å². The minimum absolute atomic E-state index is 0.185. The summed E-state index contributed by atoms with van der Waals surface area (Å²) in [5, 5.41) is 0.622. The van der Waals surface area contributed by atoms with E-state index < -0.39 is 0 Å². The first-order chi connectivity index (χ1) is 9.66. The monoisotopic (exact) mass is 294 g/mol. The maximum absolute atomic E-state index is 12.1. The number of hydrogen-bond acceptors (Lipinski definition) is 1. The highest BCUT2D eigenvalue weighted by Gasteiger charge is 2.10. The van der Waals surface area contributed by atoms with Crippen LogP contribution in [-0.2, 0) is 0 Å². The van der Waals surface area contributed by atoms with E-state index >= 15 is 0 Å². The second-order valence-electron chi connectivity index (χ2n) is 5.58. The smallest absolute Gasteiger partial charge is 0.164 e. The van der Waals surface area contributed by atoms with Gasteiger partial charge >= 0.3 is 0 Å². The van der Waals surface area contributed by atoms with E-state index in [1.165, 1.54) is 38.5 Å². The van der Waals surface area contributed by atoms with E-state index in [4.69, 9.17) is 11.6 Å². The first-order valence-corrected chi connectivity index (χ1v) is 8.33. The van der Waals surface area contributed by atoms with Crippen molar-refractivity contribution in [2.24, 2.45) is 0 Å². The lowest BCUT2D eigenvalue weighted by atomic mass is 10.0. The molecular formula is C18H27ClO. The molecule has 0 heterocycles. The van der Waals surface area contributed by atoms with Crippen molar-refractivity contribution < 1.29 is 4.79 Å². The Balaban J connectivity index is 2.19. The second kappa shape index (κ2) is 9.99. The minimum atomic E-state index is 0.185. The number of carbonyl (C=O) groups excluding carboxylic acids is 1. The van der Waals surface area contributed by atoms with Gasteiger partial charge < -0.3 is 0 Å². The predicted octanol–water partition coefficient (Wildman–Crippen LogP) is 6.36. The van der Waals surface area contributed by atoms with Crippen molar-refractivity contribution in [2.75, 3.05) is 0 Å². The van der Waals surface area contributed by atoms with Gasteiger partial charge in [-0.05, 0) is 25.0 Å². The van der Waals surface area contributed by atoms with Gasteiger partial charge in [0.1, 0.15) is 0 Å². The van der Waals surface area contributed by atoms with Gasteiger partial charge in [0.05, 0.1) is 5.02 Å². The van der Waals surface area contributed by atoms with E-state index in [1.54, 1.807) is 0 Å². The summed E-state index contributed by atoms with van der Waals surface area (Å²) in [6.45, 7) is 4.18. The van der Waals surface area contributed by atoms with Crippen molar-refractivity contribution in [3.8, 4) is 0 Å². The minimum Gasteiger partial charge on any atom is -0.294 e. The first-order valence-electron chi connectivity index (χ1n) is 7.95. The molecule has 20 heavy (non-hydrogen) atoms. The van der Waals surface area contributed by atoms with Gasteiger partial charge in [-0.1, -0.05) is 75.6 Å². The average Bonchev–Trinajstić information content (AvgIpc) is 2.44. The first kappa shape index (κ1) is 17.2. The third-order valence-corrected chi connectivity index (χ3v) is 4.25. The van der Waals surface area contributed by atoms with E-state index in [2.05, 4.69) is 6.92 Å². The van der Waals surface area contributed by atoms with E-state index in [0.29, 0.717) is 17.0 Å².